The Balaban J connectivity index is 1.49. The van der Waals surface area contributed by atoms with Gasteiger partial charge in [0.15, 0.2) is 0 Å². The largest absolute Gasteiger partial charge is 0.315 e. The molecule has 2 aliphatic carbocycles. The van der Waals surface area contributed by atoms with Crippen LogP contribution in [0, 0.1) is 17.8 Å². The van der Waals surface area contributed by atoms with E-state index in [1.54, 1.807) is 6.42 Å². The zero-order valence-corrected chi connectivity index (χ0v) is 10.3. The molecule has 2 saturated carbocycles. The van der Waals surface area contributed by atoms with Crippen LogP contribution >= 0.6 is 0 Å². The van der Waals surface area contributed by atoms with Crippen LogP contribution in [0.25, 0.3) is 0 Å². The second-order valence-corrected chi connectivity index (χ2v) is 5.61. The summed E-state index contributed by atoms with van der Waals surface area (Å²) in [6.07, 6.45) is 5.79. The monoisotopic (exact) mass is 210 g/mol. The Morgan fingerprint density at radius 2 is 1.93 bits per heavy atom. The van der Waals surface area contributed by atoms with Crippen molar-refractivity contribution in [2.45, 2.75) is 45.6 Å². The van der Waals surface area contributed by atoms with Gasteiger partial charge in [-0.2, -0.15) is 0 Å². The molecule has 0 saturated heterocycles. The molecule has 0 bridgehead atoms. The van der Waals surface area contributed by atoms with Gasteiger partial charge in [-0.3, -0.25) is 0 Å². The van der Waals surface area contributed by atoms with E-state index in [4.69, 9.17) is 0 Å². The third kappa shape index (κ3) is 3.46. The Bertz CT molecular complexity index is 183. The summed E-state index contributed by atoms with van der Waals surface area (Å²) < 4.78 is 0. The summed E-state index contributed by atoms with van der Waals surface area (Å²) in [6, 6.07) is 0.633. The van der Waals surface area contributed by atoms with E-state index in [2.05, 4.69) is 24.5 Å². The first-order valence-electron chi connectivity index (χ1n) is 6.73. The maximum atomic E-state index is 3.66. The van der Waals surface area contributed by atoms with Crippen LogP contribution in [0.5, 0.6) is 0 Å². The van der Waals surface area contributed by atoms with Crippen molar-refractivity contribution in [2.75, 3.05) is 19.6 Å². The third-order valence-corrected chi connectivity index (χ3v) is 3.97. The molecular weight excluding hydrogens is 184 g/mol. The van der Waals surface area contributed by atoms with Gasteiger partial charge in [0.1, 0.15) is 0 Å². The Morgan fingerprint density at radius 1 is 1.20 bits per heavy atom. The quantitative estimate of drug-likeness (QED) is 0.628. The average molecular weight is 210 g/mol. The lowest BCUT2D eigenvalue weighted by Crippen LogP contribution is -2.38. The zero-order valence-electron chi connectivity index (χ0n) is 10.3. The van der Waals surface area contributed by atoms with Gasteiger partial charge < -0.3 is 10.6 Å². The van der Waals surface area contributed by atoms with E-state index in [0.29, 0.717) is 6.04 Å². The highest BCUT2D eigenvalue weighted by molar-refractivity contribution is 4.96. The fourth-order valence-corrected chi connectivity index (χ4v) is 2.94. The van der Waals surface area contributed by atoms with Crippen LogP contribution in [-0.2, 0) is 0 Å². The van der Waals surface area contributed by atoms with Crippen molar-refractivity contribution < 1.29 is 0 Å². The maximum Gasteiger partial charge on any atom is 0.0164 e. The SMILES string of the molecule is CCCNCC(C)NCC1CC2CC2C1. The van der Waals surface area contributed by atoms with Crippen LogP contribution in [0.2, 0.25) is 0 Å². The minimum absolute atomic E-state index is 0.633. The van der Waals surface area contributed by atoms with Gasteiger partial charge in [-0.1, -0.05) is 6.92 Å². The van der Waals surface area contributed by atoms with Gasteiger partial charge in [0, 0.05) is 12.6 Å². The van der Waals surface area contributed by atoms with Gasteiger partial charge in [0.2, 0.25) is 0 Å². The second kappa shape index (κ2) is 5.31. The molecule has 2 fully saturated rings. The summed E-state index contributed by atoms with van der Waals surface area (Å²) in [5.74, 6) is 3.25. The highest BCUT2D eigenvalue weighted by atomic mass is 15.0. The number of hydrogen-bond acceptors (Lipinski definition) is 2. The molecule has 3 unspecified atom stereocenters. The molecule has 0 aromatic rings. The standard InChI is InChI=1S/C13H26N2/c1-3-4-14-8-10(2)15-9-11-5-12-7-13(12)6-11/h10-15H,3-9H2,1-2H3. The van der Waals surface area contributed by atoms with E-state index < -0.39 is 0 Å². The fraction of sp³-hybridized carbons (Fsp3) is 1.00. The van der Waals surface area contributed by atoms with E-state index in [0.717, 1.165) is 30.8 Å². The maximum absolute atomic E-state index is 3.66. The van der Waals surface area contributed by atoms with Crippen LogP contribution < -0.4 is 10.6 Å². The molecule has 2 rings (SSSR count). The molecule has 88 valence electrons. The van der Waals surface area contributed by atoms with Crippen LogP contribution in [-0.4, -0.2) is 25.7 Å². The van der Waals surface area contributed by atoms with Gasteiger partial charge in [0.25, 0.3) is 0 Å². The molecule has 2 heteroatoms. The number of hydrogen-bond donors (Lipinski definition) is 2. The molecule has 2 N–H and O–H groups in total. The lowest BCUT2D eigenvalue weighted by Gasteiger charge is -2.18. The van der Waals surface area contributed by atoms with Crippen molar-refractivity contribution in [3.8, 4) is 0 Å². The summed E-state index contributed by atoms with van der Waals surface area (Å²) >= 11 is 0. The molecule has 0 amide bonds. The average Bonchev–Trinajstić information content (AvgIpc) is 2.84. The zero-order chi connectivity index (χ0) is 10.7. The third-order valence-electron chi connectivity index (χ3n) is 3.97. The predicted octanol–water partition coefficient (Wildman–Crippen LogP) is 2.01. The Labute approximate surface area is 94.2 Å². The lowest BCUT2D eigenvalue weighted by molar-refractivity contribution is 0.406. The van der Waals surface area contributed by atoms with Crippen molar-refractivity contribution >= 4 is 0 Å². The highest BCUT2D eigenvalue weighted by Gasteiger charge is 2.45. The molecule has 2 aliphatic rings. The molecular formula is C13H26N2. The molecule has 15 heavy (non-hydrogen) atoms. The Hall–Kier alpha value is -0.0800. The molecule has 0 spiro atoms. The molecule has 0 aromatic heterocycles. The smallest absolute Gasteiger partial charge is 0.0164 e. The van der Waals surface area contributed by atoms with Crippen molar-refractivity contribution in [3.05, 3.63) is 0 Å². The molecule has 3 atom stereocenters. The van der Waals surface area contributed by atoms with Crippen molar-refractivity contribution in [2.24, 2.45) is 17.8 Å². The lowest BCUT2D eigenvalue weighted by atomic mass is 10.0. The van der Waals surface area contributed by atoms with E-state index in [1.165, 1.54) is 25.8 Å². The van der Waals surface area contributed by atoms with Crippen LogP contribution in [0.15, 0.2) is 0 Å². The topological polar surface area (TPSA) is 24.1 Å². The summed E-state index contributed by atoms with van der Waals surface area (Å²) in [4.78, 5) is 0. The summed E-state index contributed by atoms with van der Waals surface area (Å²) in [5, 5.41) is 7.13. The molecule has 0 heterocycles. The van der Waals surface area contributed by atoms with Crippen LogP contribution in [0.3, 0.4) is 0 Å². The first kappa shape index (κ1) is 11.4. The number of fused-ring (bicyclic) bond motifs is 1. The Kier molecular flexibility index (Phi) is 4.04. The van der Waals surface area contributed by atoms with Crippen molar-refractivity contribution in [3.63, 3.8) is 0 Å². The van der Waals surface area contributed by atoms with E-state index in [-0.39, 0.29) is 0 Å². The normalized spacial score (nSPS) is 35.2. The minimum Gasteiger partial charge on any atom is -0.315 e. The van der Waals surface area contributed by atoms with Crippen LogP contribution in [0.1, 0.15) is 39.5 Å². The summed E-state index contributed by atoms with van der Waals surface area (Å²) in [5.41, 5.74) is 0. The van der Waals surface area contributed by atoms with E-state index in [9.17, 15) is 0 Å². The molecule has 0 aliphatic heterocycles. The number of rotatable bonds is 7. The predicted molar refractivity (Wildman–Crippen MR) is 64.9 cm³/mol. The minimum atomic E-state index is 0.633. The first-order valence-corrected chi connectivity index (χ1v) is 6.73. The van der Waals surface area contributed by atoms with Gasteiger partial charge in [-0.15, -0.1) is 0 Å². The van der Waals surface area contributed by atoms with Crippen molar-refractivity contribution in [1.29, 1.82) is 0 Å². The van der Waals surface area contributed by atoms with Crippen molar-refractivity contribution in [1.82, 2.24) is 10.6 Å². The highest BCUT2D eigenvalue weighted by Crippen LogP contribution is 2.54. The van der Waals surface area contributed by atoms with Gasteiger partial charge >= 0.3 is 0 Å². The molecule has 0 aromatic carbocycles. The fourth-order valence-electron chi connectivity index (χ4n) is 2.94. The second-order valence-electron chi connectivity index (χ2n) is 5.61. The summed E-state index contributed by atoms with van der Waals surface area (Å²) in [7, 11) is 0. The number of nitrogens with one attached hydrogen (secondary N) is 2. The van der Waals surface area contributed by atoms with E-state index >= 15 is 0 Å². The van der Waals surface area contributed by atoms with Gasteiger partial charge in [-0.25, -0.2) is 0 Å². The van der Waals surface area contributed by atoms with Crippen LogP contribution in [0.4, 0.5) is 0 Å². The van der Waals surface area contributed by atoms with E-state index in [1.807, 2.05) is 0 Å². The van der Waals surface area contributed by atoms with Gasteiger partial charge in [-0.05, 0) is 63.5 Å². The molecule has 0 radical (unpaired) electrons. The van der Waals surface area contributed by atoms with Gasteiger partial charge in [0.05, 0.1) is 0 Å². The Morgan fingerprint density at radius 3 is 2.60 bits per heavy atom. The first-order chi connectivity index (χ1) is 7.29. The molecule has 2 nitrogen and oxygen atoms in total. The summed E-state index contributed by atoms with van der Waals surface area (Å²) in [6.45, 7) is 8.03.